The molecule has 1 atom stereocenters. The van der Waals surface area contributed by atoms with E-state index in [1.54, 1.807) is 18.2 Å². The Morgan fingerprint density at radius 3 is 2.86 bits per heavy atom. The second-order valence-electron chi connectivity index (χ2n) is 4.69. The molecular formula is C14H13ClF3NO2. The molecule has 2 rings (SSSR count). The van der Waals surface area contributed by atoms with Crippen molar-refractivity contribution in [2.75, 3.05) is 13.1 Å². The van der Waals surface area contributed by atoms with Crippen LogP contribution in [0.2, 0.25) is 5.02 Å². The maximum Gasteiger partial charge on any atom is 0.406 e. The minimum Gasteiger partial charge on any atom is -0.480 e. The van der Waals surface area contributed by atoms with Gasteiger partial charge in [-0.2, -0.15) is 13.2 Å². The Morgan fingerprint density at radius 1 is 1.52 bits per heavy atom. The van der Waals surface area contributed by atoms with Gasteiger partial charge in [0.05, 0.1) is 0 Å². The number of amides is 1. The van der Waals surface area contributed by atoms with E-state index < -0.39 is 24.7 Å². The highest BCUT2D eigenvalue weighted by molar-refractivity contribution is 6.30. The van der Waals surface area contributed by atoms with Crippen LogP contribution in [-0.4, -0.2) is 36.2 Å². The summed E-state index contributed by atoms with van der Waals surface area (Å²) in [7, 11) is 0. The van der Waals surface area contributed by atoms with Crippen LogP contribution in [0.3, 0.4) is 0 Å². The van der Waals surface area contributed by atoms with Gasteiger partial charge in [-0.05, 0) is 23.8 Å². The molecule has 1 aliphatic rings. The summed E-state index contributed by atoms with van der Waals surface area (Å²) in [6.07, 6.45) is -3.96. The Labute approximate surface area is 124 Å². The van der Waals surface area contributed by atoms with E-state index in [9.17, 15) is 18.0 Å². The van der Waals surface area contributed by atoms with Crippen LogP contribution < -0.4 is 4.74 Å². The molecule has 0 spiro atoms. The molecule has 0 bridgehead atoms. The SMILES string of the molecule is C=CCN(CC(F)(F)F)C(=O)C1Cc2cc(Cl)ccc2O1. The lowest BCUT2D eigenvalue weighted by atomic mass is 10.1. The van der Waals surface area contributed by atoms with Gasteiger partial charge in [0, 0.05) is 18.0 Å². The number of rotatable bonds is 4. The zero-order valence-electron chi connectivity index (χ0n) is 11.0. The fourth-order valence-electron chi connectivity index (χ4n) is 2.16. The summed E-state index contributed by atoms with van der Waals surface area (Å²) in [5, 5.41) is 0.490. The van der Waals surface area contributed by atoms with Crippen molar-refractivity contribution in [2.45, 2.75) is 18.7 Å². The molecule has 3 nitrogen and oxygen atoms in total. The first-order chi connectivity index (χ1) is 9.80. The fraction of sp³-hybridized carbons (Fsp3) is 0.357. The number of halogens is 4. The molecule has 1 unspecified atom stereocenters. The van der Waals surface area contributed by atoms with Crippen LogP contribution in [-0.2, 0) is 11.2 Å². The molecule has 1 aliphatic heterocycles. The number of ether oxygens (including phenoxy) is 1. The summed E-state index contributed by atoms with van der Waals surface area (Å²) in [5.74, 6) is -0.233. The average molecular weight is 320 g/mol. The highest BCUT2D eigenvalue weighted by atomic mass is 35.5. The number of hydrogen-bond acceptors (Lipinski definition) is 2. The molecule has 1 aromatic carbocycles. The van der Waals surface area contributed by atoms with E-state index in [-0.39, 0.29) is 13.0 Å². The molecule has 0 fully saturated rings. The summed E-state index contributed by atoms with van der Waals surface area (Å²) in [6.45, 7) is 1.86. The number of hydrogen-bond donors (Lipinski definition) is 0. The number of fused-ring (bicyclic) bond motifs is 1. The number of carbonyl (C=O) groups excluding carboxylic acids is 1. The van der Waals surface area contributed by atoms with Crippen LogP contribution in [0.15, 0.2) is 30.9 Å². The lowest BCUT2D eigenvalue weighted by Crippen LogP contribution is -2.45. The molecule has 0 radical (unpaired) electrons. The third kappa shape index (κ3) is 3.91. The Balaban J connectivity index is 2.11. The van der Waals surface area contributed by atoms with E-state index in [1.165, 1.54) is 6.08 Å². The topological polar surface area (TPSA) is 29.5 Å². The highest BCUT2D eigenvalue weighted by Crippen LogP contribution is 2.32. The Morgan fingerprint density at radius 2 is 2.24 bits per heavy atom. The first kappa shape index (κ1) is 15.7. The maximum atomic E-state index is 12.5. The van der Waals surface area contributed by atoms with E-state index >= 15 is 0 Å². The molecule has 7 heteroatoms. The van der Waals surface area contributed by atoms with Crippen LogP contribution in [0.25, 0.3) is 0 Å². The molecule has 1 heterocycles. The van der Waals surface area contributed by atoms with E-state index in [2.05, 4.69) is 6.58 Å². The summed E-state index contributed by atoms with van der Waals surface area (Å²) in [5.41, 5.74) is 0.714. The quantitative estimate of drug-likeness (QED) is 0.798. The average Bonchev–Trinajstić information content (AvgIpc) is 2.78. The lowest BCUT2D eigenvalue weighted by Gasteiger charge is -2.25. The Hall–Kier alpha value is -1.69. The van der Waals surface area contributed by atoms with Crippen LogP contribution >= 0.6 is 11.6 Å². The summed E-state index contributed by atoms with van der Waals surface area (Å²) in [4.78, 5) is 12.9. The number of carbonyl (C=O) groups is 1. The molecule has 0 aliphatic carbocycles. The molecule has 114 valence electrons. The van der Waals surface area contributed by atoms with Crippen molar-refractivity contribution in [2.24, 2.45) is 0 Å². The van der Waals surface area contributed by atoms with Crippen LogP contribution in [0.1, 0.15) is 5.56 Å². The normalized spacial score (nSPS) is 17.0. The second kappa shape index (κ2) is 5.97. The minimum absolute atomic E-state index is 0.185. The van der Waals surface area contributed by atoms with Gasteiger partial charge in [0.15, 0.2) is 6.10 Å². The second-order valence-corrected chi connectivity index (χ2v) is 5.12. The van der Waals surface area contributed by atoms with E-state index in [4.69, 9.17) is 16.3 Å². The van der Waals surface area contributed by atoms with Crippen LogP contribution in [0.5, 0.6) is 5.75 Å². The third-order valence-corrected chi connectivity index (χ3v) is 3.24. The predicted molar refractivity (Wildman–Crippen MR) is 72.4 cm³/mol. The molecule has 21 heavy (non-hydrogen) atoms. The molecule has 1 aromatic rings. The Kier molecular flexibility index (Phi) is 4.46. The summed E-state index contributed by atoms with van der Waals surface area (Å²) >= 11 is 5.84. The number of nitrogens with zero attached hydrogens (tertiary/aromatic N) is 1. The van der Waals surface area contributed by atoms with Crippen molar-refractivity contribution in [3.05, 3.63) is 41.4 Å². The maximum absolute atomic E-state index is 12.5. The smallest absolute Gasteiger partial charge is 0.406 e. The predicted octanol–water partition coefficient (Wildman–Crippen LogP) is 3.22. The zero-order chi connectivity index (χ0) is 15.6. The summed E-state index contributed by atoms with van der Waals surface area (Å²) in [6, 6.07) is 4.85. The van der Waals surface area contributed by atoms with Gasteiger partial charge < -0.3 is 9.64 Å². The first-order valence-electron chi connectivity index (χ1n) is 6.21. The van der Waals surface area contributed by atoms with Gasteiger partial charge in [-0.1, -0.05) is 17.7 Å². The van der Waals surface area contributed by atoms with Crippen molar-refractivity contribution in [3.8, 4) is 5.75 Å². The van der Waals surface area contributed by atoms with Gasteiger partial charge in [-0.3, -0.25) is 4.79 Å². The van der Waals surface area contributed by atoms with Gasteiger partial charge in [-0.25, -0.2) is 0 Å². The fourth-order valence-corrected chi connectivity index (χ4v) is 2.36. The summed E-state index contributed by atoms with van der Waals surface area (Å²) < 4.78 is 42.9. The van der Waals surface area contributed by atoms with E-state index in [0.29, 0.717) is 21.2 Å². The van der Waals surface area contributed by atoms with Gasteiger partial charge >= 0.3 is 6.18 Å². The number of benzene rings is 1. The standard InChI is InChI=1S/C14H13ClF3NO2/c1-2-5-19(8-14(16,17)18)13(20)12-7-9-6-10(15)3-4-11(9)21-12/h2-4,6,12H,1,5,7-8H2. The Bertz CT molecular complexity index is 560. The molecule has 1 amide bonds. The van der Waals surface area contributed by atoms with E-state index in [1.807, 2.05) is 0 Å². The monoisotopic (exact) mass is 319 g/mol. The molecule has 0 N–H and O–H groups in total. The van der Waals surface area contributed by atoms with Crippen molar-refractivity contribution in [1.29, 1.82) is 0 Å². The van der Waals surface area contributed by atoms with Crippen molar-refractivity contribution < 1.29 is 22.7 Å². The molecule has 0 saturated carbocycles. The van der Waals surface area contributed by atoms with Gasteiger partial charge in [0.25, 0.3) is 5.91 Å². The number of alkyl halides is 3. The van der Waals surface area contributed by atoms with Crippen molar-refractivity contribution >= 4 is 17.5 Å². The largest absolute Gasteiger partial charge is 0.480 e. The first-order valence-corrected chi connectivity index (χ1v) is 6.59. The van der Waals surface area contributed by atoms with Crippen molar-refractivity contribution in [3.63, 3.8) is 0 Å². The highest BCUT2D eigenvalue weighted by Gasteiger charge is 2.37. The molecule has 0 saturated heterocycles. The zero-order valence-corrected chi connectivity index (χ0v) is 11.7. The van der Waals surface area contributed by atoms with Gasteiger partial charge in [0.2, 0.25) is 0 Å². The van der Waals surface area contributed by atoms with Crippen LogP contribution in [0, 0.1) is 0 Å². The van der Waals surface area contributed by atoms with Gasteiger partial charge in [-0.15, -0.1) is 6.58 Å². The van der Waals surface area contributed by atoms with Crippen LogP contribution in [0.4, 0.5) is 13.2 Å². The van der Waals surface area contributed by atoms with E-state index in [0.717, 1.165) is 0 Å². The van der Waals surface area contributed by atoms with Crippen molar-refractivity contribution in [1.82, 2.24) is 4.90 Å². The minimum atomic E-state index is -4.46. The molecular weight excluding hydrogens is 307 g/mol. The third-order valence-electron chi connectivity index (χ3n) is 3.00. The lowest BCUT2D eigenvalue weighted by molar-refractivity contribution is -0.163. The van der Waals surface area contributed by atoms with Gasteiger partial charge in [0.1, 0.15) is 12.3 Å². The molecule has 0 aromatic heterocycles.